The van der Waals surface area contributed by atoms with Crippen molar-refractivity contribution >= 4 is 11.9 Å². The van der Waals surface area contributed by atoms with Gasteiger partial charge in [0.15, 0.2) is 0 Å². The largest absolute Gasteiger partial charge is 0.323 e. The molecule has 3 saturated carbocycles. The first-order valence-electron chi connectivity index (χ1n) is 6.34. The van der Waals surface area contributed by atoms with Crippen LogP contribution in [0.4, 0.5) is 4.79 Å². The van der Waals surface area contributed by atoms with Gasteiger partial charge in [0.25, 0.3) is 5.91 Å². The summed E-state index contributed by atoms with van der Waals surface area (Å²) in [7, 11) is 0. The molecule has 1 saturated heterocycles. The smallest absolute Gasteiger partial charge is 0.322 e. The quantitative estimate of drug-likeness (QED) is 0.599. The van der Waals surface area contributed by atoms with Crippen molar-refractivity contribution in [2.45, 2.75) is 37.6 Å². The van der Waals surface area contributed by atoms with Crippen molar-refractivity contribution in [3.8, 4) is 0 Å². The lowest BCUT2D eigenvalue weighted by molar-refractivity contribution is -0.126. The Morgan fingerprint density at radius 1 is 1.19 bits per heavy atom. The molecule has 0 radical (unpaired) electrons. The summed E-state index contributed by atoms with van der Waals surface area (Å²) >= 11 is 0. The lowest BCUT2D eigenvalue weighted by Gasteiger charge is -2.37. The molecular weight excluding hydrogens is 204 g/mol. The van der Waals surface area contributed by atoms with Gasteiger partial charge in [0.1, 0.15) is 5.54 Å². The van der Waals surface area contributed by atoms with Crippen LogP contribution in [-0.4, -0.2) is 17.5 Å². The molecule has 1 heterocycles. The fourth-order valence-corrected chi connectivity index (χ4v) is 5.05. The fraction of sp³-hybridized carbons (Fsp3) is 0.833. The Morgan fingerprint density at radius 3 is 2.75 bits per heavy atom. The van der Waals surface area contributed by atoms with Gasteiger partial charge in [-0.3, -0.25) is 10.1 Å². The molecule has 0 unspecified atom stereocenters. The van der Waals surface area contributed by atoms with Gasteiger partial charge in [-0.15, -0.1) is 0 Å². The molecule has 2 bridgehead atoms. The Bertz CT molecular complexity index is 394. The molecule has 0 aromatic carbocycles. The van der Waals surface area contributed by atoms with Gasteiger partial charge in [0, 0.05) is 0 Å². The van der Waals surface area contributed by atoms with Crippen molar-refractivity contribution in [3.63, 3.8) is 0 Å². The molecule has 3 amide bonds. The number of fused-ring (bicyclic) bond motifs is 6. The zero-order valence-electron chi connectivity index (χ0n) is 9.16. The van der Waals surface area contributed by atoms with Crippen LogP contribution < -0.4 is 10.6 Å². The average molecular weight is 220 g/mol. The maximum absolute atomic E-state index is 12.0. The molecule has 0 aromatic heterocycles. The van der Waals surface area contributed by atoms with Gasteiger partial charge in [0.2, 0.25) is 0 Å². The summed E-state index contributed by atoms with van der Waals surface area (Å²) in [5, 5.41) is 5.35. The van der Waals surface area contributed by atoms with Crippen LogP contribution >= 0.6 is 0 Å². The monoisotopic (exact) mass is 220 g/mol. The predicted molar refractivity (Wildman–Crippen MR) is 56.5 cm³/mol. The van der Waals surface area contributed by atoms with E-state index in [2.05, 4.69) is 10.6 Å². The zero-order chi connectivity index (χ0) is 10.9. The van der Waals surface area contributed by atoms with Gasteiger partial charge in [-0.2, -0.15) is 0 Å². The van der Waals surface area contributed by atoms with Gasteiger partial charge in [-0.25, -0.2) is 4.79 Å². The summed E-state index contributed by atoms with van der Waals surface area (Å²) in [5.41, 5.74) is -0.521. The molecule has 4 fully saturated rings. The summed E-state index contributed by atoms with van der Waals surface area (Å²) in [6.07, 6.45) is 5.96. The Kier molecular flexibility index (Phi) is 1.47. The van der Waals surface area contributed by atoms with E-state index in [0.29, 0.717) is 17.8 Å². The molecule has 4 aliphatic rings. The van der Waals surface area contributed by atoms with E-state index in [1.165, 1.54) is 19.3 Å². The maximum atomic E-state index is 12.0. The second-order valence-electron chi connectivity index (χ2n) is 5.94. The summed E-state index contributed by atoms with van der Waals surface area (Å²) in [4.78, 5) is 23.3. The predicted octanol–water partition coefficient (Wildman–Crippen LogP) is 1.02. The lowest BCUT2D eigenvalue weighted by atomic mass is 9.71. The number of carbonyl (C=O) groups excluding carboxylic acids is 2. The van der Waals surface area contributed by atoms with Gasteiger partial charge < -0.3 is 5.32 Å². The highest BCUT2D eigenvalue weighted by Gasteiger charge is 2.66. The van der Waals surface area contributed by atoms with E-state index in [4.69, 9.17) is 0 Å². The second kappa shape index (κ2) is 2.60. The topological polar surface area (TPSA) is 58.2 Å². The number of nitrogens with one attached hydrogen (secondary N) is 2. The van der Waals surface area contributed by atoms with E-state index < -0.39 is 5.54 Å². The Labute approximate surface area is 94.2 Å². The van der Waals surface area contributed by atoms with E-state index in [9.17, 15) is 9.59 Å². The minimum Gasteiger partial charge on any atom is -0.323 e. The van der Waals surface area contributed by atoms with Gasteiger partial charge in [-0.1, -0.05) is 6.42 Å². The first-order chi connectivity index (χ1) is 7.71. The summed E-state index contributed by atoms with van der Waals surface area (Å²) < 4.78 is 0. The molecule has 3 aliphatic carbocycles. The third-order valence-electron chi connectivity index (χ3n) is 5.49. The number of hydrogen-bond donors (Lipinski definition) is 2. The molecule has 5 atom stereocenters. The van der Waals surface area contributed by atoms with Gasteiger partial charge in [0.05, 0.1) is 0 Å². The molecule has 16 heavy (non-hydrogen) atoms. The van der Waals surface area contributed by atoms with E-state index in [0.717, 1.165) is 18.8 Å². The molecule has 1 aliphatic heterocycles. The third kappa shape index (κ3) is 0.837. The highest BCUT2D eigenvalue weighted by molar-refractivity contribution is 6.07. The van der Waals surface area contributed by atoms with Crippen LogP contribution in [0.2, 0.25) is 0 Å². The van der Waals surface area contributed by atoms with Crippen molar-refractivity contribution in [3.05, 3.63) is 0 Å². The van der Waals surface area contributed by atoms with E-state index >= 15 is 0 Å². The molecule has 0 aromatic rings. The third-order valence-corrected chi connectivity index (χ3v) is 5.49. The van der Waals surface area contributed by atoms with Crippen molar-refractivity contribution in [2.24, 2.45) is 23.7 Å². The van der Waals surface area contributed by atoms with Crippen molar-refractivity contribution in [1.29, 1.82) is 0 Å². The maximum Gasteiger partial charge on any atom is 0.322 e. The van der Waals surface area contributed by atoms with Crippen LogP contribution in [-0.2, 0) is 4.79 Å². The van der Waals surface area contributed by atoms with E-state index in [-0.39, 0.29) is 11.9 Å². The molecule has 1 spiro atoms. The molecule has 4 nitrogen and oxygen atoms in total. The Morgan fingerprint density at radius 2 is 2.00 bits per heavy atom. The van der Waals surface area contributed by atoms with Crippen molar-refractivity contribution < 1.29 is 9.59 Å². The number of imide groups is 1. The Hall–Kier alpha value is -1.06. The normalized spacial score (nSPS) is 53.2. The zero-order valence-corrected chi connectivity index (χ0v) is 9.16. The first-order valence-corrected chi connectivity index (χ1v) is 6.34. The van der Waals surface area contributed by atoms with Gasteiger partial charge in [-0.05, 0) is 49.4 Å². The SMILES string of the molecule is O=C1NC(=O)[C@]2(C[C@H]3C[C@H]2[C@H]2CCC[C@@H]32)N1. The number of hydrogen-bond acceptors (Lipinski definition) is 2. The Balaban J connectivity index is 1.74. The molecule has 4 heteroatoms. The summed E-state index contributed by atoms with van der Waals surface area (Å²) in [6, 6.07) is -0.285. The molecular formula is C12H16N2O2. The van der Waals surface area contributed by atoms with E-state index in [1.807, 2.05) is 0 Å². The number of urea groups is 1. The van der Waals surface area contributed by atoms with Crippen LogP contribution in [0.5, 0.6) is 0 Å². The summed E-state index contributed by atoms with van der Waals surface area (Å²) in [6.45, 7) is 0. The number of amides is 3. The van der Waals surface area contributed by atoms with E-state index in [1.54, 1.807) is 0 Å². The van der Waals surface area contributed by atoms with Crippen LogP contribution in [0.15, 0.2) is 0 Å². The minimum absolute atomic E-state index is 0.0599. The molecule has 2 N–H and O–H groups in total. The number of rotatable bonds is 0. The highest BCUT2D eigenvalue weighted by Crippen LogP contribution is 2.62. The van der Waals surface area contributed by atoms with Crippen LogP contribution in [0, 0.1) is 23.7 Å². The fourth-order valence-electron chi connectivity index (χ4n) is 5.05. The number of carbonyl (C=O) groups is 2. The van der Waals surface area contributed by atoms with Crippen molar-refractivity contribution in [2.75, 3.05) is 0 Å². The highest BCUT2D eigenvalue weighted by atomic mass is 16.2. The van der Waals surface area contributed by atoms with Crippen molar-refractivity contribution in [1.82, 2.24) is 10.6 Å². The molecule has 86 valence electrons. The van der Waals surface area contributed by atoms with Crippen LogP contribution in [0.25, 0.3) is 0 Å². The van der Waals surface area contributed by atoms with Crippen LogP contribution in [0.3, 0.4) is 0 Å². The second-order valence-corrected chi connectivity index (χ2v) is 5.94. The standard InChI is InChI=1S/C12H16N2O2/c15-10-12(14-11(16)13-10)5-6-4-9(12)8-3-1-2-7(6)8/h6-9H,1-5H2,(H2,13,14,15,16)/t6-,7+,8+,9+,12-/m1/s1. The van der Waals surface area contributed by atoms with Gasteiger partial charge >= 0.3 is 6.03 Å². The first kappa shape index (κ1) is 9.02. The molecule has 4 rings (SSSR count). The average Bonchev–Trinajstić information content (AvgIpc) is 2.89. The summed E-state index contributed by atoms with van der Waals surface area (Å²) in [5.74, 6) is 2.58. The minimum atomic E-state index is -0.521. The van der Waals surface area contributed by atoms with Crippen LogP contribution in [0.1, 0.15) is 32.1 Å². The lowest BCUT2D eigenvalue weighted by Crippen LogP contribution is -2.54.